The molecule has 0 aromatic carbocycles. The molecule has 2 aromatic rings. The number of hydrazine groups is 1. The van der Waals surface area contributed by atoms with Crippen LogP contribution in [0, 0.1) is 0 Å². The van der Waals surface area contributed by atoms with Gasteiger partial charge in [-0.25, -0.2) is 15.8 Å². The molecule has 9 nitrogen and oxygen atoms in total. The number of nitrogen functional groups attached to an aromatic ring is 1. The minimum absolute atomic E-state index is 0.295. The van der Waals surface area contributed by atoms with Crippen LogP contribution in [0.3, 0.4) is 0 Å². The molecule has 0 spiro atoms. The van der Waals surface area contributed by atoms with Gasteiger partial charge in [0.15, 0.2) is 0 Å². The van der Waals surface area contributed by atoms with E-state index >= 15 is 0 Å². The maximum Gasteiger partial charge on any atom is 0.243 e. The van der Waals surface area contributed by atoms with Crippen molar-refractivity contribution < 1.29 is 0 Å². The molecule has 0 atom stereocenters. The molecular formula is C10H15N9. The van der Waals surface area contributed by atoms with E-state index in [0.29, 0.717) is 24.4 Å². The van der Waals surface area contributed by atoms with Crippen molar-refractivity contribution in [3.05, 3.63) is 24.3 Å². The van der Waals surface area contributed by atoms with Crippen LogP contribution in [0.5, 0.6) is 0 Å². The summed E-state index contributed by atoms with van der Waals surface area (Å²) in [7, 11) is 3.67. The number of anilines is 3. The molecule has 0 saturated heterocycles. The molecule has 0 unspecified atom stereocenters. The van der Waals surface area contributed by atoms with Gasteiger partial charge in [-0.3, -0.25) is 5.43 Å². The molecule has 0 bridgehead atoms. The largest absolute Gasteiger partial charge is 0.348 e. The first-order chi connectivity index (χ1) is 9.19. The lowest BCUT2D eigenvalue weighted by Crippen LogP contribution is -2.19. The van der Waals surface area contributed by atoms with Crippen molar-refractivity contribution in [1.29, 1.82) is 0 Å². The van der Waals surface area contributed by atoms with Crippen LogP contribution in [-0.2, 0) is 6.54 Å². The van der Waals surface area contributed by atoms with Crippen LogP contribution < -0.4 is 21.5 Å². The van der Waals surface area contributed by atoms with Gasteiger partial charge in [0.1, 0.15) is 6.33 Å². The van der Waals surface area contributed by atoms with Crippen molar-refractivity contribution in [3.8, 4) is 0 Å². The summed E-state index contributed by atoms with van der Waals surface area (Å²) in [4.78, 5) is 22.2. The molecule has 19 heavy (non-hydrogen) atoms. The Balaban J connectivity index is 2.13. The molecule has 2 heterocycles. The second-order valence-electron chi connectivity index (χ2n) is 3.88. The first kappa shape index (κ1) is 12.9. The Kier molecular flexibility index (Phi) is 3.98. The number of hydrogen-bond donors (Lipinski definition) is 3. The number of nitrogens with zero attached hydrogens (tertiary/aromatic N) is 6. The van der Waals surface area contributed by atoms with Gasteiger partial charge in [0.05, 0.1) is 12.2 Å². The van der Waals surface area contributed by atoms with E-state index in [9.17, 15) is 0 Å². The maximum atomic E-state index is 5.33. The highest BCUT2D eigenvalue weighted by Gasteiger charge is 2.07. The van der Waals surface area contributed by atoms with E-state index in [0.717, 1.165) is 5.69 Å². The zero-order chi connectivity index (χ0) is 13.7. The number of nitrogens with one attached hydrogen (secondary N) is 2. The molecule has 0 radical (unpaired) electrons. The van der Waals surface area contributed by atoms with Crippen LogP contribution in [0.4, 0.5) is 17.8 Å². The van der Waals surface area contributed by atoms with Crippen LogP contribution in [0.2, 0.25) is 0 Å². The molecule has 0 aliphatic heterocycles. The molecule has 0 saturated carbocycles. The monoisotopic (exact) mass is 261 g/mol. The standard InChI is InChI=1S/C10H15N9/c1-19(2)10-16-8(15-9(17-10)18-11)13-5-7-3-4-12-6-14-7/h3-4,6H,5,11H2,1-2H3,(H2,13,15,16,17,18). The second kappa shape index (κ2) is 5.87. The maximum absolute atomic E-state index is 5.33. The van der Waals surface area contributed by atoms with Gasteiger partial charge >= 0.3 is 0 Å². The molecule has 0 amide bonds. The first-order valence-corrected chi connectivity index (χ1v) is 5.58. The highest BCUT2D eigenvalue weighted by Crippen LogP contribution is 2.11. The van der Waals surface area contributed by atoms with E-state index < -0.39 is 0 Å². The summed E-state index contributed by atoms with van der Waals surface area (Å²) < 4.78 is 0. The van der Waals surface area contributed by atoms with E-state index in [-0.39, 0.29) is 0 Å². The van der Waals surface area contributed by atoms with Gasteiger partial charge in [0.25, 0.3) is 0 Å². The zero-order valence-corrected chi connectivity index (χ0v) is 10.7. The van der Waals surface area contributed by atoms with E-state index in [4.69, 9.17) is 5.84 Å². The van der Waals surface area contributed by atoms with Crippen LogP contribution in [0.15, 0.2) is 18.6 Å². The highest BCUT2D eigenvalue weighted by atomic mass is 15.4. The molecule has 0 fully saturated rings. The fourth-order valence-corrected chi connectivity index (χ4v) is 1.30. The Labute approximate surface area is 110 Å². The average molecular weight is 261 g/mol. The predicted molar refractivity (Wildman–Crippen MR) is 71.3 cm³/mol. The molecule has 100 valence electrons. The van der Waals surface area contributed by atoms with Gasteiger partial charge in [-0.2, -0.15) is 15.0 Å². The van der Waals surface area contributed by atoms with E-state index in [1.165, 1.54) is 6.33 Å². The minimum Gasteiger partial charge on any atom is -0.348 e. The SMILES string of the molecule is CN(C)c1nc(NN)nc(NCc2ccncn2)n1. The zero-order valence-electron chi connectivity index (χ0n) is 10.7. The van der Waals surface area contributed by atoms with Crippen molar-refractivity contribution in [2.45, 2.75) is 6.54 Å². The van der Waals surface area contributed by atoms with Gasteiger partial charge in [0, 0.05) is 20.3 Å². The molecule has 0 aliphatic carbocycles. The molecular weight excluding hydrogens is 246 g/mol. The normalized spacial score (nSPS) is 10.1. The van der Waals surface area contributed by atoms with Gasteiger partial charge in [-0.05, 0) is 6.07 Å². The van der Waals surface area contributed by atoms with Crippen molar-refractivity contribution in [2.75, 3.05) is 29.7 Å². The lowest BCUT2D eigenvalue weighted by Gasteiger charge is -2.12. The van der Waals surface area contributed by atoms with E-state index in [1.807, 2.05) is 20.2 Å². The summed E-state index contributed by atoms with van der Waals surface area (Å²) in [5, 5.41) is 3.06. The van der Waals surface area contributed by atoms with Crippen molar-refractivity contribution >= 4 is 17.8 Å². The molecule has 0 aliphatic rings. The lowest BCUT2D eigenvalue weighted by atomic mass is 10.4. The van der Waals surface area contributed by atoms with Gasteiger partial charge < -0.3 is 10.2 Å². The van der Waals surface area contributed by atoms with Crippen molar-refractivity contribution in [2.24, 2.45) is 5.84 Å². The summed E-state index contributed by atoms with van der Waals surface area (Å²) in [6, 6.07) is 1.81. The first-order valence-electron chi connectivity index (χ1n) is 5.58. The Morgan fingerprint density at radius 1 is 1.21 bits per heavy atom. The summed E-state index contributed by atoms with van der Waals surface area (Å²) in [6.07, 6.45) is 3.16. The highest BCUT2D eigenvalue weighted by molar-refractivity contribution is 5.42. The molecule has 2 rings (SSSR count). The third kappa shape index (κ3) is 3.45. The number of aromatic nitrogens is 5. The Bertz CT molecular complexity index is 528. The fourth-order valence-electron chi connectivity index (χ4n) is 1.30. The molecule has 4 N–H and O–H groups in total. The van der Waals surface area contributed by atoms with Crippen molar-refractivity contribution in [1.82, 2.24) is 24.9 Å². The van der Waals surface area contributed by atoms with Crippen LogP contribution in [-0.4, -0.2) is 39.0 Å². The van der Waals surface area contributed by atoms with Gasteiger partial charge in [0.2, 0.25) is 17.8 Å². The third-order valence-electron chi connectivity index (χ3n) is 2.22. The van der Waals surface area contributed by atoms with Crippen LogP contribution in [0.25, 0.3) is 0 Å². The van der Waals surface area contributed by atoms with Gasteiger partial charge in [-0.15, -0.1) is 0 Å². The van der Waals surface area contributed by atoms with E-state index in [1.54, 1.807) is 11.1 Å². The smallest absolute Gasteiger partial charge is 0.243 e. The van der Waals surface area contributed by atoms with E-state index in [2.05, 4.69) is 35.7 Å². The Morgan fingerprint density at radius 3 is 2.63 bits per heavy atom. The summed E-state index contributed by atoms with van der Waals surface area (Å²) in [5.74, 6) is 6.55. The minimum atomic E-state index is 0.295. The summed E-state index contributed by atoms with van der Waals surface area (Å²) in [6.45, 7) is 0.489. The summed E-state index contributed by atoms with van der Waals surface area (Å²) in [5.41, 5.74) is 3.24. The van der Waals surface area contributed by atoms with Crippen molar-refractivity contribution in [3.63, 3.8) is 0 Å². The molecule has 2 aromatic heterocycles. The average Bonchev–Trinajstić information content (AvgIpc) is 2.45. The Morgan fingerprint density at radius 2 is 2.00 bits per heavy atom. The Hall–Kier alpha value is -2.55. The topological polar surface area (TPSA) is 118 Å². The van der Waals surface area contributed by atoms with Crippen LogP contribution in [0.1, 0.15) is 5.69 Å². The van der Waals surface area contributed by atoms with Crippen LogP contribution >= 0.6 is 0 Å². The number of rotatable bonds is 5. The third-order valence-corrected chi connectivity index (χ3v) is 2.22. The molecule has 9 heteroatoms. The fraction of sp³-hybridized carbons (Fsp3) is 0.300. The summed E-state index contributed by atoms with van der Waals surface area (Å²) >= 11 is 0. The van der Waals surface area contributed by atoms with Gasteiger partial charge in [-0.1, -0.05) is 0 Å². The predicted octanol–water partition coefficient (Wildman–Crippen LogP) is -0.375. The lowest BCUT2D eigenvalue weighted by molar-refractivity contribution is 0.926. The second-order valence-corrected chi connectivity index (χ2v) is 3.88. The number of hydrogen-bond acceptors (Lipinski definition) is 9. The number of nitrogens with two attached hydrogens (primary N) is 1. The quantitative estimate of drug-likeness (QED) is 0.489.